The third-order valence-corrected chi connectivity index (χ3v) is 4.67. The molecule has 0 aliphatic carbocycles. The predicted molar refractivity (Wildman–Crippen MR) is 91.0 cm³/mol. The fraction of sp³-hybridized carbons (Fsp3) is 0.214. The zero-order valence-corrected chi connectivity index (χ0v) is 14.4. The molecule has 0 fully saturated rings. The van der Waals surface area contributed by atoms with Gasteiger partial charge < -0.3 is 9.30 Å². The average Bonchev–Trinajstić information content (AvgIpc) is 3.21. The number of aromatic nitrogens is 5. The van der Waals surface area contributed by atoms with E-state index in [4.69, 9.17) is 4.74 Å². The van der Waals surface area contributed by atoms with Gasteiger partial charge in [0.15, 0.2) is 10.2 Å². The van der Waals surface area contributed by atoms with Crippen LogP contribution in [-0.4, -0.2) is 36.6 Å². The van der Waals surface area contributed by atoms with Gasteiger partial charge in [-0.1, -0.05) is 41.3 Å². The lowest BCUT2D eigenvalue weighted by Crippen LogP contribution is -2.14. The number of nitrogens with one attached hydrogen (secondary N) is 1. The molecule has 8 nitrogen and oxygen atoms in total. The van der Waals surface area contributed by atoms with Crippen molar-refractivity contribution >= 4 is 34.1 Å². The number of nitrogens with zero attached hydrogens (tertiary/aromatic N) is 5. The number of benzene rings is 1. The van der Waals surface area contributed by atoms with Gasteiger partial charge in [-0.25, -0.2) is 0 Å². The fourth-order valence-electron chi connectivity index (χ4n) is 1.71. The first kappa shape index (κ1) is 16.4. The molecular weight excluding hydrogens is 348 g/mol. The van der Waals surface area contributed by atoms with Crippen molar-refractivity contribution in [3.05, 3.63) is 41.7 Å². The lowest BCUT2D eigenvalue weighted by Gasteiger charge is -2.02. The molecule has 0 saturated carbocycles. The number of anilines is 1. The molecular formula is C14H14N6O2S2. The molecule has 1 aromatic carbocycles. The van der Waals surface area contributed by atoms with Gasteiger partial charge in [-0.05, 0) is 12.1 Å². The van der Waals surface area contributed by atoms with Gasteiger partial charge in [0.2, 0.25) is 11.0 Å². The van der Waals surface area contributed by atoms with Gasteiger partial charge in [0.1, 0.15) is 18.7 Å². The van der Waals surface area contributed by atoms with E-state index >= 15 is 0 Å². The highest BCUT2D eigenvalue weighted by atomic mass is 32.2. The largest absolute Gasteiger partial charge is 0.486 e. The van der Waals surface area contributed by atoms with E-state index in [2.05, 4.69) is 25.7 Å². The third-order valence-electron chi connectivity index (χ3n) is 2.82. The molecule has 2 aromatic heterocycles. The summed E-state index contributed by atoms with van der Waals surface area (Å²) in [6.07, 6.45) is 1.59. The zero-order valence-electron chi connectivity index (χ0n) is 12.7. The molecule has 0 radical (unpaired) electrons. The summed E-state index contributed by atoms with van der Waals surface area (Å²) < 4.78 is 7.35. The first-order valence-electron chi connectivity index (χ1n) is 6.97. The summed E-state index contributed by atoms with van der Waals surface area (Å²) in [5.74, 6) is 0.815. The van der Waals surface area contributed by atoms with Crippen LogP contribution in [0.5, 0.6) is 5.75 Å². The highest BCUT2D eigenvalue weighted by Gasteiger charge is 2.11. The van der Waals surface area contributed by atoms with Crippen LogP contribution in [0.25, 0.3) is 0 Å². The quantitative estimate of drug-likeness (QED) is 0.642. The number of para-hydroxylation sites is 1. The van der Waals surface area contributed by atoms with Crippen molar-refractivity contribution in [2.45, 2.75) is 11.8 Å². The summed E-state index contributed by atoms with van der Waals surface area (Å²) in [5, 5.41) is 20.1. The van der Waals surface area contributed by atoms with Crippen LogP contribution in [0.1, 0.15) is 5.01 Å². The molecule has 10 heteroatoms. The minimum atomic E-state index is -0.172. The number of rotatable bonds is 7. The molecule has 124 valence electrons. The lowest BCUT2D eigenvalue weighted by molar-refractivity contribution is -0.113. The molecule has 0 bridgehead atoms. The molecule has 3 aromatic rings. The SMILES string of the molecule is Cn1cnnc1SCC(=O)Nc1nnc(COc2ccccc2)s1. The van der Waals surface area contributed by atoms with Crippen molar-refractivity contribution in [1.82, 2.24) is 25.0 Å². The van der Waals surface area contributed by atoms with Gasteiger partial charge in [0, 0.05) is 7.05 Å². The summed E-state index contributed by atoms with van der Waals surface area (Å²) in [6, 6.07) is 9.46. The van der Waals surface area contributed by atoms with Gasteiger partial charge in [-0.3, -0.25) is 10.1 Å². The number of thioether (sulfide) groups is 1. The Morgan fingerprint density at radius 2 is 2.12 bits per heavy atom. The van der Waals surface area contributed by atoms with Crippen LogP contribution in [0.3, 0.4) is 0 Å². The Morgan fingerprint density at radius 3 is 2.88 bits per heavy atom. The minimum Gasteiger partial charge on any atom is -0.486 e. The van der Waals surface area contributed by atoms with E-state index < -0.39 is 0 Å². The summed E-state index contributed by atoms with van der Waals surface area (Å²) in [6.45, 7) is 0.311. The summed E-state index contributed by atoms with van der Waals surface area (Å²) in [5.41, 5.74) is 0. The number of hydrogen-bond acceptors (Lipinski definition) is 8. The number of amides is 1. The van der Waals surface area contributed by atoms with E-state index in [-0.39, 0.29) is 11.7 Å². The fourth-order valence-corrected chi connectivity index (χ4v) is 3.07. The Hall–Kier alpha value is -2.46. The number of hydrogen-bond donors (Lipinski definition) is 1. The predicted octanol–water partition coefficient (Wildman–Crippen LogP) is 1.98. The summed E-state index contributed by atoms with van der Waals surface area (Å²) >= 11 is 2.59. The van der Waals surface area contributed by atoms with E-state index in [9.17, 15) is 4.79 Å². The summed E-state index contributed by atoms with van der Waals surface area (Å²) in [7, 11) is 1.82. The topological polar surface area (TPSA) is 94.8 Å². The highest BCUT2D eigenvalue weighted by molar-refractivity contribution is 7.99. The maximum atomic E-state index is 11.9. The van der Waals surface area contributed by atoms with Crippen molar-refractivity contribution in [3.63, 3.8) is 0 Å². The van der Waals surface area contributed by atoms with Crippen LogP contribution in [0, 0.1) is 0 Å². The first-order valence-corrected chi connectivity index (χ1v) is 8.78. The Morgan fingerprint density at radius 1 is 1.29 bits per heavy atom. The second-order valence-corrected chi connectivity index (χ2v) is 6.67. The molecule has 2 heterocycles. The van der Waals surface area contributed by atoms with Crippen molar-refractivity contribution in [1.29, 1.82) is 0 Å². The lowest BCUT2D eigenvalue weighted by atomic mass is 10.3. The van der Waals surface area contributed by atoms with Crippen LogP contribution in [-0.2, 0) is 18.4 Å². The van der Waals surface area contributed by atoms with Crippen LogP contribution in [0.4, 0.5) is 5.13 Å². The van der Waals surface area contributed by atoms with Gasteiger partial charge in [0.05, 0.1) is 5.75 Å². The monoisotopic (exact) mass is 362 g/mol. The van der Waals surface area contributed by atoms with E-state index in [0.717, 1.165) is 5.75 Å². The standard InChI is InChI=1S/C14H14N6O2S2/c1-20-9-15-19-14(20)23-8-11(21)16-13-18-17-12(24-13)7-22-10-5-3-2-4-6-10/h2-6,9H,7-8H2,1H3,(H,16,18,21). The molecule has 0 saturated heterocycles. The molecule has 0 spiro atoms. The molecule has 1 N–H and O–H groups in total. The molecule has 0 aliphatic heterocycles. The first-order chi connectivity index (χ1) is 11.7. The minimum absolute atomic E-state index is 0.172. The van der Waals surface area contributed by atoms with Crippen molar-refractivity contribution in [3.8, 4) is 5.75 Å². The van der Waals surface area contributed by atoms with E-state index in [1.165, 1.54) is 23.1 Å². The van der Waals surface area contributed by atoms with Gasteiger partial charge in [-0.15, -0.1) is 20.4 Å². The maximum absolute atomic E-state index is 11.9. The maximum Gasteiger partial charge on any atom is 0.236 e. The summed E-state index contributed by atoms with van der Waals surface area (Å²) in [4.78, 5) is 11.9. The molecule has 0 unspecified atom stereocenters. The van der Waals surface area contributed by atoms with Gasteiger partial charge in [-0.2, -0.15) is 0 Å². The number of ether oxygens (including phenoxy) is 1. The smallest absolute Gasteiger partial charge is 0.236 e. The van der Waals surface area contributed by atoms with E-state index in [1.807, 2.05) is 37.4 Å². The average molecular weight is 362 g/mol. The number of carbonyl (C=O) groups excluding carboxylic acids is 1. The Labute approximate surface area is 146 Å². The molecule has 3 rings (SSSR count). The Bertz CT molecular complexity index is 804. The normalized spacial score (nSPS) is 10.5. The van der Waals surface area contributed by atoms with Crippen molar-refractivity contribution < 1.29 is 9.53 Å². The molecule has 0 aliphatic rings. The Kier molecular flexibility index (Phi) is 5.39. The van der Waals surface area contributed by atoms with Crippen molar-refractivity contribution in [2.24, 2.45) is 7.05 Å². The van der Waals surface area contributed by atoms with Gasteiger partial charge in [0.25, 0.3) is 0 Å². The Balaban J connectivity index is 1.46. The second-order valence-electron chi connectivity index (χ2n) is 4.66. The molecule has 1 amide bonds. The van der Waals surface area contributed by atoms with Crippen LogP contribution < -0.4 is 10.1 Å². The van der Waals surface area contributed by atoms with Crippen molar-refractivity contribution in [2.75, 3.05) is 11.1 Å². The van der Waals surface area contributed by atoms with Gasteiger partial charge >= 0.3 is 0 Å². The van der Waals surface area contributed by atoms with Crippen LogP contribution in [0.15, 0.2) is 41.8 Å². The van der Waals surface area contributed by atoms with E-state index in [1.54, 1.807) is 10.9 Å². The molecule has 24 heavy (non-hydrogen) atoms. The van der Waals surface area contributed by atoms with Crippen LogP contribution in [0.2, 0.25) is 0 Å². The number of carbonyl (C=O) groups is 1. The second kappa shape index (κ2) is 7.88. The number of aryl methyl sites for hydroxylation is 1. The van der Waals surface area contributed by atoms with E-state index in [0.29, 0.717) is 21.9 Å². The third kappa shape index (κ3) is 4.52. The molecule has 0 atom stereocenters. The van der Waals surface area contributed by atoms with Crippen LogP contribution >= 0.6 is 23.1 Å². The zero-order chi connectivity index (χ0) is 16.8. The highest BCUT2D eigenvalue weighted by Crippen LogP contribution is 2.19.